The molecule has 0 spiro atoms. The van der Waals surface area contributed by atoms with Crippen LogP contribution in [0.25, 0.3) is 28.2 Å². The number of amides is 1. The number of ketones is 1. The van der Waals surface area contributed by atoms with E-state index >= 15 is 0 Å². The third-order valence-corrected chi connectivity index (χ3v) is 10.1. The summed E-state index contributed by atoms with van der Waals surface area (Å²) in [6, 6.07) is 11.0. The number of methoxy groups -OCH3 is 1. The van der Waals surface area contributed by atoms with Crippen molar-refractivity contribution in [3.63, 3.8) is 0 Å². The van der Waals surface area contributed by atoms with Gasteiger partial charge in [0.1, 0.15) is 12.2 Å². The normalized spacial score (nSPS) is 15.3. The van der Waals surface area contributed by atoms with Crippen molar-refractivity contribution < 1.29 is 32.3 Å². The van der Waals surface area contributed by atoms with Crippen LogP contribution in [0.5, 0.6) is 5.75 Å². The number of nitrogens with zero attached hydrogens (tertiary/aromatic N) is 1. The molecule has 1 aromatic heterocycles. The van der Waals surface area contributed by atoms with Crippen LogP contribution >= 0.6 is 0 Å². The fraction of sp³-hybridized carbons (Fsp3) is 0.424. The number of carbonyl (C=O) groups excluding carboxylic acids is 3. The molecule has 2 aliphatic rings. The van der Waals surface area contributed by atoms with Crippen molar-refractivity contribution in [3.05, 3.63) is 58.7 Å². The van der Waals surface area contributed by atoms with E-state index in [0.717, 1.165) is 59.0 Å². The molecule has 228 valence electrons. The van der Waals surface area contributed by atoms with Gasteiger partial charge in [-0.2, -0.15) is 0 Å². The molecule has 0 radical (unpaired) electrons. The van der Waals surface area contributed by atoms with Gasteiger partial charge in [-0.3, -0.25) is 14.4 Å². The van der Waals surface area contributed by atoms with E-state index in [0.29, 0.717) is 11.3 Å². The molecule has 1 saturated carbocycles. The van der Waals surface area contributed by atoms with E-state index in [1.165, 1.54) is 20.3 Å². The van der Waals surface area contributed by atoms with Crippen LogP contribution in [0.4, 0.5) is 0 Å². The first-order valence-corrected chi connectivity index (χ1v) is 16.4. The number of Topliss-reactive ketones (excluding diaryl/α,β-unsaturated/α-hetero) is 1. The third kappa shape index (κ3) is 6.11. The SMILES string of the molecule is CCOC(=O)CC(=O)C1=Cc2cc(OC)ccc2-c2c(C3CCCCC3)c3ccc(C(=O)NS(=O)(=O)C(C)C)cc3n2C1. The van der Waals surface area contributed by atoms with Gasteiger partial charge in [0.05, 0.1) is 31.2 Å². The number of fused-ring (bicyclic) bond motifs is 5. The van der Waals surface area contributed by atoms with Gasteiger partial charge in [0.2, 0.25) is 10.0 Å². The molecule has 2 heterocycles. The van der Waals surface area contributed by atoms with Gasteiger partial charge in [0.15, 0.2) is 5.78 Å². The van der Waals surface area contributed by atoms with Crippen LogP contribution in [-0.4, -0.2) is 49.6 Å². The third-order valence-electron chi connectivity index (χ3n) is 8.38. The number of esters is 1. The molecule has 3 aromatic rings. The van der Waals surface area contributed by atoms with Crippen LogP contribution in [0.1, 0.15) is 86.7 Å². The maximum atomic E-state index is 13.5. The van der Waals surface area contributed by atoms with Gasteiger partial charge >= 0.3 is 5.97 Å². The number of sulfonamides is 1. The smallest absolute Gasteiger partial charge is 0.313 e. The Bertz CT molecular complexity index is 1730. The van der Waals surface area contributed by atoms with Crippen molar-refractivity contribution in [3.8, 4) is 17.0 Å². The van der Waals surface area contributed by atoms with Crippen LogP contribution in [0, 0.1) is 0 Å². The summed E-state index contributed by atoms with van der Waals surface area (Å²) in [5.74, 6) is -0.729. The molecule has 9 nitrogen and oxygen atoms in total. The second-order valence-electron chi connectivity index (χ2n) is 11.5. The molecule has 0 atom stereocenters. The zero-order valence-corrected chi connectivity index (χ0v) is 25.9. The van der Waals surface area contributed by atoms with Crippen molar-refractivity contribution in [2.45, 2.75) is 77.0 Å². The summed E-state index contributed by atoms with van der Waals surface area (Å²) in [5, 5.41) is 0.195. The number of hydrogen-bond acceptors (Lipinski definition) is 7. The maximum Gasteiger partial charge on any atom is 0.313 e. The van der Waals surface area contributed by atoms with E-state index in [2.05, 4.69) is 4.72 Å². The van der Waals surface area contributed by atoms with Crippen LogP contribution in [0.15, 0.2) is 42.0 Å². The number of benzene rings is 2. The average Bonchev–Trinajstić information content (AvgIpc) is 3.19. The number of allylic oxidation sites excluding steroid dienone is 1. The van der Waals surface area contributed by atoms with Crippen LogP contribution in [-0.2, 0) is 30.9 Å². The molecular weight excluding hydrogens is 568 g/mol. The Morgan fingerprint density at radius 1 is 1.05 bits per heavy atom. The van der Waals surface area contributed by atoms with Crippen LogP contribution in [0.3, 0.4) is 0 Å². The Morgan fingerprint density at radius 3 is 2.47 bits per heavy atom. The monoisotopic (exact) mass is 606 g/mol. The molecule has 0 unspecified atom stereocenters. The molecule has 5 rings (SSSR count). The molecule has 43 heavy (non-hydrogen) atoms. The first kappa shape index (κ1) is 30.5. The zero-order valence-electron chi connectivity index (χ0n) is 25.1. The van der Waals surface area contributed by atoms with E-state index < -0.39 is 27.1 Å². The van der Waals surface area contributed by atoms with Crippen molar-refractivity contribution in [1.29, 1.82) is 0 Å². The van der Waals surface area contributed by atoms with E-state index in [1.807, 2.05) is 34.9 Å². The highest BCUT2D eigenvalue weighted by molar-refractivity contribution is 7.90. The standard InChI is InChI=1S/C33H38N2O7S/c1-5-42-30(37)18-29(36)24-15-23-16-25(41-4)12-14-26(23)32-31(21-9-7-6-8-10-21)27-13-11-22(17-28(27)35(32)19-24)33(38)34-43(39,40)20(2)3/h11-17,20-21H,5-10,18-19H2,1-4H3,(H,34,38). The Morgan fingerprint density at radius 2 is 1.79 bits per heavy atom. The number of rotatable bonds is 9. The number of ether oxygens (including phenoxy) is 2. The van der Waals surface area contributed by atoms with E-state index in [1.54, 1.807) is 26.2 Å². The van der Waals surface area contributed by atoms with E-state index in [-0.39, 0.29) is 36.8 Å². The fourth-order valence-electron chi connectivity index (χ4n) is 6.11. The molecule has 0 saturated heterocycles. The molecule has 1 fully saturated rings. The highest BCUT2D eigenvalue weighted by atomic mass is 32.2. The van der Waals surface area contributed by atoms with E-state index in [4.69, 9.17) is 9.47 Å². The van der Waals surface area contributed by atoms with Crippen LogP contribution < -0.4 is 9.46 Å². The minimum absolute atomic E-state index is 0.170. The predicted octanol–water partition coefficient (Wildman–Crippen LogP) is 5.75. The van der Waals surface area contributed by atoms with Crippen molar-refractivity contribution in [2.24, 2.45) is 0 Å². The summed E-state index contributed by atoms with van der Waals surface area (Å²) < 4.78 is 39.8. The molecule has 1 aliphatic heterocycles. The summed E-state index contributed by atoms with van der Waals surface area (Å²) >= 11 is 0. The minimum atomic E-state index is -3.83. The van der Waals surface area contributed by atoms with Gasteiger partial charge in [-0.1, -0.05) is 25.3 Å². The lowest BCUT2D eigenvalue weighted by Crippen LogP contribution is -2.35. The summed E-state index contributed by atoms with van der Waals surface area (Å²) in [7, 11) is -2.24. The van der Waals surface area contributed by atoms with Crippen molar-refractivity contribution in [1.82, 2.24) is 9.29 Å². The number of hydrogen-bond donors (Lipinski definition) is 1. The van der Waals surface area contributed by atoms with Gasteiger partial charge in [-0.05, 0) is 87.1 Å². The average molecular weight is 607 g/mol. The van der Waals surface area contributed by atoms with Crippen molar-refractivity contribution >= 4 is 44.7 Å². The second kappa shape index (κ2) is 12.4. The Hall–Kier alpha value is -3.92. The quantitative estimate of drug-likeness (QED) is 0.243. The lowest BCUT2D eigenvalue weighted by atomic mass is 9.81. The predicted molar refractivity (Wildman–Crippen MR) is 166 cm³/mol. The van der Waals surface area contributed by atoms with Gasteiger partial charge in [0, 0.05) is 27.6 Å². The van der Waals surface area contributed by atoms with Crippen molar-refractivity contribution in [2.75, 3.05) is 13.7 Å². The summed E-state index contributed by atoms with van der Waals surface area (Å²) in [6.45, 7) is 5.06. The molecule has 10 heteroatoms. The molecule has 1 amide bonds. The Labute approximate surface area is 252 Å². The zero-order chi connectivity index (χ0) is 30.9. The number of nitrogens with one attached hydrogen (secondary N) is 1. The Balaban J connectivity index is 1.73. The summed E-state index contributed by atoms with van der Waals surface area (Å²) in [4.78, 5) is 38.9. The lowest BCUT2D eigenvalue weighted by molar-refractivity contribution is -0.145. The van der Waals surface area contributed by atoms with Gasteiger partial charge in [-0.15, -0.1) is 0 Å². The Kier molecular flexibility index (Phi) is 8.78. The molecule has 0 bridgehead atoms. The first-order valence-electron chi connectivity index (χ1n) is 14.8. The lowest BCUT2D eigenvalue weighted by Gasteiger charge is -2.24. The molecular formula is C33H38N2O7S. The highest BCUT2D eigenvalue weighted by Crippen LogP contribution is 2.47. The van der Waals surface area contributed by atoms with E-state index in [9.17, 15) is 22.8 Å². The van der Waals surface area contributed by atoms with Gasteiger partial charge < -0.3 is 14.0 Å². The number of carbonyl (C=O) groups is 3. The van der Waals surface area contributed by atoms with Gasteiger partial charge in [-0.25, -0.2) is 13.1 Å². The number of aromatic nitrogens is 1. The first-order chi connectivity index (χ1) is 20.5. The molecule has 1 N–H and O–H groups in total. The largest absolute Gasteiger partial charge is 0.497 e. The maximum absolute atomic E-state index is 13.5. The molecule has 1 aliphatic carbocycles. The summed E-state index contributed by atoms with van der Waals surface area (Å²) in [5.41, 5.74) is 5.19. The fourth-order valence-corrected chi connectivity index (χ4v) is 6.73. The molecule has 2 aromatic carbocycles. The van der Waals surface area contributed by atoms with Gasteiger partial charge in [0.25, 0.3) is 5.91 Å². The van der Waals surface area contributed by atoms with Crippen LogP contribution in [0.2, 0.25) is 0 Å². The summed E-state index contributed by atoms with van der Waals surface area (Å²) in [6.07, 6.45) is 6.88. The highest BCUT2D eigenvalue weighted by Gasteiger charge is 2.31. The topological polar surface area (TPSA) is 121 Å². The minimum Gasteiger partial charge on any atom is -0.497 e. The second-order valence-corrected chi connectivity index (χ2v) is 13.7.